The minimum Gasteiger partial charge on any atom is -0.488 e. The summed E-state index contributed by atoms with van der Waals surface area (Å²) in [6.45, 7) is 0. The van der Waals surface area contributed by atoms with Crippen LogP contribution in [0.25, 0.3) is 0 Å². The van der Waals surface area contributed by atoms with E-state index in [-0.39, 0.29) is 6.10 Å². The number of nitrogen functional groups attached to an aromatic ring is 1. The van der Waals surface area contributed by atoms with E-state index in [1.54, 1.807) is 18.2 Å². The monoisotopic (exact) mass is 270 g/mol. The first kappa shape index (κ1) is 13.0. The number of benzene rings is 1. The Morgan fingerprint density at radius 3 is 2.61 bits per heavy atom. The van der Waals surface area contributed by atoms with Gasteiger partial charge in [0.2, 0.25) is 10.0 Å². The molecule has 1 aromatic carbocycles. The van der Waals surface area contributed by atoms with E-state index in [1.807, 2.05) is 0 Å². The summed E-state index contributed by atoms with van der Waals surface area (Å²) in [5.41, 5.74) is 6.83. The Morgan fingerprint density at radius 2 is 2.00 bits per heavy atom. The average molecular weight is 270 g/mol. The third-order valence-corrected chi connectivity index (χ3v) is 3.52. The van der Waals surface area contributed by atoms with Gasteiger partial charge in [0.1, 0.15) is 5.75 Å². The van der Waals surface area contributed by atoms with Crippen molar-refractivity contribution in [2.45, 2.75) is 31.8 Å². The molecule has 1 aliphatic rings. The lowest BCUT2D eigenvalue weighted by atomic mass is 10.2. The molecule has 6 heteroatoms. The number of rotatable bonds is 4. The average Bonchev–Trinajstić information content (AvgIpc) is 2.73. The van der Waals surface area contributed by atoms with Crippen LogP contribution in [0, 0.1) is 0 Å². The molecule has 0 amide bonds. The van der Waals surface area contributed by atoms with Crippen LogP contribution in [0.5, 0.6) is 5.75 Å². The van der Waals surface area contributed by atoms with E-state index in [2.05, 4.69) is 4.72 Å². The van der Waals surface area contributed by atoms with Gasteiger partial charge in [-0.1, -0.05) is 0 Å². The summed E-state index contributed by atoms with van der Waals surface area (Å²) in [5.74, 6) is 0.551. The molecule has 0 spiro atoms. The van der Waals surface area contributed by atoms with E-state index in [0.29, 0.717) is 17.1 Å². The molecule has 100 valence electrons. The Morgan fingerprint density at radius 1 is 1.33 bits per heavy atom. The summed E-state index contributed by atoms with van der Waals surface area (Å²) in [4.78, 5) is 0. The highest BCUT2D eigenvalue weighted by molar-refractivity contribution is 7.92. The molecule has 2 rings (SSSR count). The van der Waals surface area contributed by atoms with Crippen molar-refractivity contribution in [3.8, 4) is 5.75 Å². The molecular formula is C12H18N2O3S. The second-order valence-corrected chi connectivity index (χ2v) is 6.40. The van der Waals surface area contributed by atoms with Gasteiger partial charge in [0.25, 0.3) is 0 Å². The van der Waals surface area contributed by atoms with Crippen LogP contribution in [0.2, 0.25) is 0 Å². The second kappa shape index (κ2) is 5.06. The Balaban J connectivity index is 2.15. The number of hydrogen-bond donors (Lipinski definition) is 2. The minimum atomic E-state index is -3.28. The van der Waals surface area contributed by atoms with Crippen LogP contribution in [0.15, 0.2) is 18.2 Å². The van der Waals surface area contributed by atoms with Crippen molar-refractivity contribution in [1.82, 2.24) is 0 Å². The van der Waals surface area contributed by atoms with E-state index >= 15 is 0 Å². The van der Waals surface area contributed by atoms with Gasteiger partial charge in [-0.2, -0.15) is 0 Å². The number of hydrogen-bond acceptors (Lipinski definition) is 4. The predicted octanol–water partition coefficient (Wildman–Crippen LogP) is 1.96. The summed E-state index contributed by atoms with van der Waals surface area (Å²) in [6.07, 6.45) is 5.71. The lowest BCUT2D eigenvalue weighted by Gasteiger charge is -2.16. The molecule has 0 aromatic heterocycles. The van der Waals surface area contributed by atoms with Crippen LogP contribution in [-0.2, 0) is 10.0 Å². The maximum absolute atomic E-state index is 11.2. The molecule has 0 heterocycles. The van der Waals surface area contributed by atoms with Gasteiger partial charge in [-0.3, -0.25) is 4.72 Å². The van der Waals surface area contributed by atoms with Crippen LogP contribution in [0.4, 0.5) is 11.4 Å². The van der Waals surface area contributed by atoms with Crippen molar-refractivity contribution >= 4 is 21.4 Å². The van der Waals surface area contributed by atoms with E-state index in [9.17, 15) is 8.42 Å². The van der Waals surface area contributed by atoms with Crippen molar-refractivity contribution in [3.05, 3.63) is 18.2 Å². The number of ether oxygens (including phenoxy) is 1. The quantitative estimate of drug-likeness (QED) is 0.819. The highest BCUT2D eigenvalue weighted by Crippen LogP contribution is 2.30. The molecule has 0 unspecified atom stereocenters. The van der Waals surface area contributed by atoms with Gasteiger partial charge in [0.15, 0.2) is 0 Å². The van der Waals surface area contributed by atoms with Gasteiger partial charge in [-0.25, -0.2) is 8.42 Å². The minimum absolute atomic E-state index is 0.195. The van der Waals surface area contributed by atoms with E-state index in [1.165, 1.54) is 12.8 Å². The molecule has 3 N–H and O–H groups in total. The van der Waals surface area contributed by atoms with Crippen LogP contribution in [0.1, 0.15) is 25.7 Å². The standard InChI is InChI=1S/C12H18N2O3S/c1-18(15,16)14-9-6-7-11(13)12(8-9)17-10-4-2-3-5-10/h6-8,10,14H,2-5,13H2,1H3. The van der Waals surface area contributed by atoms with Gasteiger partial charge in [-0.15, -0.1) is 0 Å². The number of sulfonamides is 1. The van der Waals surface area contributed by atoms with Gasteiger partial charge >= 0.3 is 0 Å². The van der Waals surface area contributed by atoms with Gasteiger partial charge in [0.05, 0.1) is 23.7 Å². The van der Waals surface area contributed by atoms with Gasteiger partial charge in [0, 0.05) is 6.07 Å². The molecule has 0 aliphatic heterocycles. The Bertz CT molecular complexity index is 522. The van der Waals surface area contributed by atoms with Crippen LogP contribution < -0.4 is 15.2 Å². The first-order valence-corrected chi connectivity index (χ1v) is 7.87. The molecule has 0 saturated heterocycles. The van der Waals surface area contributed by atoms with Crippen molar-refractivity contribution in [3.63, 3.8) is 0 Å². The van der Waals surface area contributed by atoms with Crippen molar-refractivity contribution in [2.24, 2.45) is 0 Å². The van der Waals surface area contributed by atoms with Crippen molar-refractivity contribution < 1.29 is 13.2 Å². The topological polar surface area (TPSA) is 81.4 Å². The maximum atomic E-state index is 11.2. The zero-order chi connectivity index (χ0) is 13.2. The molecule has 5 nitrogen and oxygen atoms in total. The van der Waals surface area contributed by atoms with E-state index in [4.69, 9.17) is 10.5 Å². The third kappa shape index (κ3) is 3.53. The summed E-state index contributed by atoms with van der Waals surface area (Å²) in [5, 5.41) is 0. The first-order chi connectivity index (χ1) is 8.44. The normalized spacial score (nSPS) is 16.7. The lowest BCUT2D eigenvalue weighted by Crippen LogP contribution is -2.13. The molecule has 0 radical (unpaired) electrons. The zero-order valence-corrected chi connectivity index (χ0v) is 11.2. The highest BCUT2D eigenvalue weighted by atomic mass is 32.2. The molecule has 1 saturated carbocycles. The molecule has 1 aromatic rings. The Kier molecular flexibility index (Phi) is 3.65. The zero-order valence-electron chi connectivity index (χ0n) is 10.3. The molecule has 1 aliphatic carbocycles. The molecular weight excluding hydrogens is 252 g/mol. The fourth-order valence-electron chi connectivity index (χ4n) is 2.10. The molecule has 18 heavy (non-hydrogen) atoms. The Hall–Kier alpha value is -1.43. The highest BCUT2D eigenvalue weighted by Gasteiger charge is 2.18. The smallest absolute Gasteiger partial charge is 0.229 e. The predicted molar refractivity (Wildman–Crippen MR) is 72.2 cm³/mol. The fourth-order valence-corrected chi connectivity index (χ4v) is 2.65. The summed E-state index contributed by atoms with van der Waals surface area (Å²) >= 11 is 0. The summed E-state index contributed by atoms with van der Waals surface area (Å²) < 4.78 is 30.5. The van der Waals surface area contributed by atoms with Crippen LogP contribution in [-0.4, -0.2) is 20.8 Å². The summed E-state index contributed by atoms with van der Waals surface area (Å²) in [7, 11) is -3.28. The number of nitrogens with two attached hydrogens (primary N) is 1. The maximum Gasteiger partial charge on any atom is 0.229 e. The third-order valence-electron chi connectivity index (χ3n) is 2.91. The van der Waals surface area contributed by atoms with Crippen LogP contribution >= 0.6 is 0 Å². The SMILES string of the molecule is CS(=O)(=O)Nc1ccc(N)c(OC2CCCC2)c1. The van der Waals surface area contributed by atoms with E-state index in [0.717, 1.165) is 19.1 Å². The number of anilines is 2. The van der Waals surface area contributed by atoms with Crippen LogP contribution in [0.3, 0.4) is 0 Å². The lowest BCUT2D eigenvalue weighted by molar-refractivity contribution is 0.211. The number of nitrogens with one attached hydrogen (secondary N) is 1. The fraction of sp³-hybridized carbons (Fsp3) is 0.500. The Labute approximate surface area is 107 Å². The van der Waals surface area contributed by atoms with Crippen molar-refractivity contribution in [2.75, 3.05) is 16.7 Å². The summed E-state index contributed by atoms with van der Waals surface area (Å²) in [6, 6.07) is 4.91. The molecule has 0 bridgehead atoms. The second-order valence-electron chi connectivity index (χ2n) is 4.65. The first-order valence-electron chi connectivity index (χ1n) is 5.98. The molecule has 1 fully saturated rings. The van der Waals surface area contributed by atoms with Gasteiger partial charge in [-0.05, 0) is 37.8 Å². The van der Waals surface area contributed by atoms with E-state index < -0.39 is 10.0 Å². The largest absolute Gasteiger partial charge is 0.488 e. The van der Waals surface area contributed by atoms with Gasteiger partial charge < -0.3 is 10.5 Å². The van der Waals surface area contributed by atoms with Crippen molar-refractivity contribution in [1.29, 1.82) is 0 Å². The molecule has 0 atom stereocenters.